The Balaban J connectivity index is 2.09. The summed E-state index contributed by atoms with van der Waals surface area (Å²) in [7, 11) is 0. The van der Waals surface area contributed by atoms with E-state index in [-0.39, 0.29) is 0 Å². The van der Waals surface area contributed by atoms with Gasteiger partial charge in [-0.25, -0.2) is 0 Å². The molecule has 2 heteroatoms. The lowest BCUT2D eigenvalue weighted by Crippen LogP contribution is -1.90. The summed E-state index contributed by atoms with van der Waals surface area (Å²) in [6.07, 6.45) is 4.62. The van der Waals surface area contributed by atoms with Crippen LogP contribution in [0.15, 0.2) is 41.2 Å². The van der Waals surface area contributed by atoms with Gasteiger partial charge in [-0.1, -0.05) is 12.1 Å². The molecule has 1 aliphatic heterocycles. The van der Waals surface area contributed by atoms with E-state index in [4.69, 9.17) is 4.42 Å². The molecule has 14 heavy (non-hydrogen) atoms. The molecule has 2 nitrogen and oxygen atoms in total. The normalized spacial score (nSPS) is 13.7. The monoisotopic (exact) mass is 185 g/mol. The van der Waals surface area contributed by atoms with E-state index in [0.717, 1.165) is 18.5 Å². The second kappa shape index (κ2) is 2.91. The number of benzene rings is 1. The Morgan fingerprint density at radius 3 is 3.00 bits per heavy atom. The lowest BCUT2D eigenvalue weighted by molar-refractivity contribution is 0.568. The molecular weight excluding hydrogens is 174 g/mol. The fourth-order valence-electron chi connectivity index (χ4n) is 1.90. The van der Waals surface area contributed by atoms with Crippen molar-refractivity contribution in [3.8, 4) is 11.1 Å². The molecule has 0 bridgehead atoms. The summed E-state index contributed by atoms with van der Waals surface area (Å²) < 4.78 is 5.07. The largest absolute Gasteiger partial charge is 0.472 e. The van der Waals surface area contributed by atoms with Crippen molar-refractivity contribution in [1.29, 1.82) is 0 Å². The van der Waals surface area contributed by atoms with E-state index in [2.05, 4.69) is 23.5 Å². The average Bonchev–Trinajstić information content (AvgIpc) is 2.88. The van der Waals surface area contributed by atoms with Gasteiger partial charge in [0.15, 0.2) is 0 Å². The lowest BCUT2D eigenvalue weighted by Gasteiger charge is -2.02. The third kappa shape index (κ3) is 1.11. The molecule has 2 aromatic rings. The number of anilines is 1. The van der Waals surface area contributed by atoms with Gasteiger partial charge in [0.1, 0.15) is 0 Å². The number of nitrogens with one attached hydrogen (secondary N) is 1. The van der Waals surface area contributed by atoms with Crippen LogP contribution in [0.25, 0.3) is 11.1 Å². The first-order valence-electron chi connectivity index (χ1n) is 4.83. The smallest absolute Gasteiger partial charge is 0.0980 e. The van der Waals surface area contributed by atoms with Crippen LogP contribution in [0.2, 0.25) is 0 Å². The highest BCUT2D eigenvalue weighted by Crippen LogP contribution is 2.28. The molecule has 0 unspecified atom stereocenters. The third-order valence-corrected chi connectivity index (χ3v) is 2.67. The Morgan fingerprint density at radius 1 is 1.14 bits per heavy atom. The van der Waals surface area contributed by atoms with Crippen LogP contribution in [0.5, 0.6) is 0 Å². The van der Waals surface area contributed by atoms with E-state index in [0.29, 0.717) is 0 Å². The highest BCUT2D eigenvalue weighted by Gasteiger charge is 2.10. The van der Waals surface area contributed by atoms with Crippen LogP contribution in [-0.4, -0.2) is 6.54 Å². The Morgan fingerprint density at radius 2 is 2.14 bits per heavy atom. The SMILES string of the molecule is c1cc(-c2ccc3c(c2)NCC3)co1. The predicted octanol–water partition coefficient (Wildman–Crippen LogP) is 2.91. The topological polar surface area (TPSA) is 25.2 Å². The molecule has 70 valence electrons. The van der Waals surface area contributed by atoms with Gasteiger partial charge in [-0.15, -0.1) is 0 Å². The number of hydrogen-bond acceptors (Lipinski definition) is 2. The van der Waals surface area contributed by atoms with E-state index in [1.807, 2.05) is 6.07 Å². The molecule has 0 spiro atoms. The molecule has 0 fully saturated rings. The molecule has 0 amide bonds. The summed E-state index contributed by atoms with van der Waals surface area (Å²) in [6.45, 7) is 1.06. The second-order valence-electron chi connectivity index (χ2n) is 3.56. The van der Waals surface area contributed by atoms with E-state index in [1.165, 1.54) is 16.8 Å². The number of rotatable bonds is 1. The van der Waals surface area contributed by atoms with Gasteiger partial charge >= 0.3 is 0 Å². The predicted molar refractivity (Wildman–Crippen MR) is 56.3 cm³/mol. The molecule has 1 aromatic heterocycles. The Labute approximate surface area is 82.6 Å². The van der Waals surface area contributed by atoms with Gasteiger partial charge in [-0.05, 0) is 29.7 Å². The molecule has 0 aliphatic carbocycles. The summed E-state index contributed by atoms with van der Waals surface area (Å²) >= 11 is 0. The highest BCUT2D eigenvalue weighted by atomic mass is 16.3. The van der Waals surface area contributed by atoms with Crippen LogP contribution < -0.4 is 5.32 Å². The van der Waals surface area contributed by atoms with Crippen molar-refractivity contribution in [2.75, 3.05) is 11.9 Å². The van der Waals surface area contributed by atoms with Crippen molar-refractivity contribution in [3.05, 3.63) is 42.4 Å². The first kappa shape index (κ1) is 7.68. The summed E-state index contributed by atoms with van der Waals surface area (Å²) in [6, 6.07) is 8.51. The molecule has 0 atom stereocenters. The van der Waals surface area contributed by atoms with E-state index in [1.54, 1.807) is 12.5 Å². The Bertz CT molecular complexity index is 445. The maximum atomic E-state index is 5.07. The van der Waals surface area contributed by atoms with Crippen molar-refractivity contribution in [1.82, 2.24) is 0 Å². The van der Waals surface area contributed by atoms with Gasteiger partial charge in [-0.3, -0.25) is 0 Å². The third-order valence-electron chi connectivity index (χ3n) is 2.67. The van der Waals surface area contributed by atoms with Crippen molar-refractivity contribution >= 4 is 5.69 Å². The van der Waals surface area contributed by atoms with Crippen molar-refractivity contribution in [3.63, 3.8) is 0 Å². The molecule has 1 aromatic carbocycles. The fourth-order valence-corrected chi connectivity index (χ4v) is 1.90. The lowest BCUT2D eigenvalue weighted by atomic mass is 10.1. The fraction of sp³-hybridized carbons (Fsp3) is 0.167. The zero-order valence-corrected chi connectivity index (χ0v) is 7.79. The first-order chi connectivity index (χ1) is 6.93. The molecule has 0 saturated carbocycles. The minimum absolute atomic E-state index is 1.06. The zero-order valence-electron chi connectivity index (χ0n) is 7.79. The minimum Gasteiger partial charge on any atom is -0.472 e. The van der Waals surface area contributed by atoms with Crippen LogP contribution in [0.3, 0.4) is 0 Å². The zero-order chi connectivity index (χ0) is 9.38. The molecule has 1 aliphatic rings. The summed E-state index contributed by atoms with van der Waals surface area (Å²) in [5.41, 5.74) is 5.04. The van der Waals surface area contributed by atoms with Crippen LogP contribution in [0, 0.1) is 0 Å². The minimum atomic E-state index is 1.06. The van der Waals surface area contributed by atoms with Gasteiger partial charge in [0.05, 0.1) is 12.5 Å². The van der Waals surface area contributed by atoms with Crippen LogP contribution >= 0.6 is 0 Å². The average molecular weight is 185 g/mol. The van der Waals surface area contributed by atoms with Gasteiger partial charge < -0.3 is 9.73 Å². The van der Waals surface area contributed by atoms with E-state index >= 15 is 0 Å². The number of furan rings is 1. The van der Waals surface area contributed by atoms with Gasteiger partial charge in [0.2, 0.25) is 0 Å². The Kier molecular flexibility index (Phi) is 1.60. The summed E-state index contributed by atoms with van der Waals surface area (Å²) in [5, 5.41) is 3.37. The van der Waals surface area contributed by atoms with Gasteiger partial charge in [0.25, 0.3) is 0 Å². The Hall–Kier alpha value is -1.70. The molecular formula is C12H11NO. The van der Waals surface area contributed by atoms with E-state index < -0.39 is 0 Å². The molecule has 0 saturated heterocycles. The molecule has 1 N–H and O–H groups in total. The van der Waals surface area contributed by atoms with Gasteiger partial charge in [0, 0.05) is 17.8 Å². The molecule has 0 radical (unpaired) electrons. The van der Waals surface area contributed by atoms with Crippen molar-refractivity contribution in [2.24, 2.45) is 0 Å². The molecule has 2 heterocycles. The van der Waals surface area contributed by atoms with Crippen LogP contribution in [0.1, 0.15) is 5.56 Å². The van der Waals surface area contributed by atoms with E-state index in [9.17, 15) is 0 Å². The standard InChI is InChI=1S/C12H11NO/c1-2-10(11-4-6-14-8-11)7-12-9(1)3-5-13-12/h1-2,4,6-8,13H,3,5H2. The van der Waals surface area contributed by atoms with Crippen LogP contribution in [-0.2, 0) is 6.42 Å². The first-order valence-corrected chi connectivity index (χ1v) is 4.83. The van der Waals surface area contributed by atoms with Gasteiger partial charge in [-0.2, -0.15) is 0 Å². The van der Waals surface area contributed by atoms with Crippen molar-refractivity contribution < 1.29 is 4.42 Å². The summed E-state index contributed by atoms with van der Waals surface area (Å²) in [5.74, 6) is 0. The number of fused-ring (bicyclic) bond motifs is 1. The van der Waals surface area contributed by atoms with Crippen LogP contribution in [0.4, 0.5) is 5.69 Å². The maximum Gasteiger partial charge on any atom is 0.0980 e. The number of hydrogen-bond donors (Lipinski definition) is 1. The quantitative estimate of drug-likeness (QED) is 0.739. The maximum absolute atomic E-state index is 5.07. The highest BCUT2D eigenvalue weighted by molar-refractivity contribution is 5.70. The molecule has 3 rings (SSSR count). The summed E-state index contributed by atoms with van der Waals surface area (Å²) in [4.78, 5) is 0. The second-order valence-corrected chi connectivity index (χ2v) is 3.56. The van der Waals surface area contributed by atoms with Crippen molar-refractivity contribution in [2.45, 2.75) is 6.42 Å².